The molecule has 2 heterocycles. The Bertz CT molecular complexity index is 941. The van der Waals surface area contributed by atoms with E-state index in [1.54, 1.807) is 22.9 Å². The third kappa shape index (κ3) is 1.89. The number of hydrogen-bond donors (Lipinski definition) is 1. The number of hydrogen-bond acceptors (Lipinski definition) is 4. The van der Waals surface area contributed by atoms with Crippen LogP contribution in [0, 0.1) is 0 Å². The maximum Gasteiger partial charge on any atom is 0.262 e. The topological polar surface area (TPSA) is 76.5 Å². The van der Waals surface area contributed by atoms with Gasteiger partial charge in [-0.15, -0.1) is 10.2 Å². The number of carbonyl (C=O) groups is 1. The first kappa shape index (κ1) is 12.5. The molecular weight excluding hydrogens is 278 g/mol. The molecule has 6 nitrogen and oxygen atoms in total. The second kappa shape index (κ2) is 4.92. The predicted molar refractivity (Wildman–Crippen MR) is 81.3 cm³/mol. The second-order valence-corrected chi connectivity index (χ2v) is 4.83. The van der Waals surface area contributed by atoms with E-state index in [1.807, 2.05) is 42.5 Å². The van der Waals surface area contributed by atoms with Gasteiger partial charge >= 0.3 is 0 Å². The van der Waals surface area contributed by atoms with Crippen LogP contribution in [0.2, 0.25) is 0 Å². The quantitative estimate of drug-likeness (QED) is 0.615. The second-order valence-electron chi connectivity index (χ2n) is 4.83. The van der Waals surface area contributed by atoms with Gasteiger partial charge < -0.3 is 0 Å². The third-order valence-electron chi connectivity index (χ3n) is 3.56. The van der Waals surface area contributed by atoms with Gasteiger partial charge in [-0.1, -0.05) is 30.3 Å². The van der Waals surface area contributed by atoms with Gasteiger partial charge in [0, 0.05) is 22.7 Å². The van der Waals surface area contributed by atoms with Crippen LogP contribution in [-0.4, -0.2) is 31.1 Å². The minimum absolute atomic E-state index is 0.0686. The van der Waals surface area contributed by atoms with Gasteiger partial charge in [0.1, 0.15) is 0 Å². The Labute approximate surface area is 125 Å². The van der Waals surface area contributed by atoms with E-state index in [4.69, 9.17) is 0 Å². The van der Waals surface area contributed by atoms with Crippen molar-refractivity contribution < 1.29 is 4.79 Å². The summed E-state index contributed by atoms with van der Waals surface area (Å²) in [5.41, 5.74) is 2.30. The summed E-state index contributed by atoms with van der Waals surface area (Å²) in [7, 11) is 0. The number of nitrogens with one attached hydrogen (secondary N) is 1. The first-order valence-electron chi connectivity index (χ1n) is 6.78. The van der Waals surface area contributed by atoms with E-state index >= 15 is 0 Å². The van der Waals surface area contributed by atoms with Gasteiger partial charge in [-0.05, 0) is 29.5 Å². The van der Waals surface area contributed by atoms with Crippen LogP contribution in [0.1, 0.15) is 10.4 Å². The molecule has 0 fully saturated rings. The van der Waals surface area contributed by atoms with Crippen LogP contribution < -0.4 is 0 Å². The zero-order valence-corrected chi connectivity index (χ0v) is 11.5. The maximum atomic E-state index is 12.6. The lowest BCUT2D eigenvalue weighted by atomic mass is 10.1. The monoisotopic (exact) mass is 289 g/mol. The van der Waals surface area contributed by atoms with Crippen molar-refractivity contribution in [2.45, 2.75) is 0 Å². The number of aromatic nitrogens is 5. The molecule has 0 aliphatic heterocycles. The fraction of sp³-hybridized carbons (Fsp3) is 0. The number of H-pyrrole nitrogens is 1. The third-order valence-corrected chi connectivity index (χ3v) is 3.56. The standard InChI is InChI=1S/C16H11N5O/c22-16(11-5-2-1-3-6-11)21-10-9-12-13(7-4-8-14(12)21)15-17-19-20-18-15/h1-10H,(H,17,18,19,20). The van der Waals surface area contributed by atoms with Crippen molar-refractivity contribution in [2.24, 2.45) is 0 Å². The fourth-order valence-corrected chi connectivity index (χ4v) is 2.54. The van der Waals surface area contributed by atoms with Crippen molar-refractivity contribution in [3.63, 3.8) is 0 Å². The summed E-state index contributed by atoms with van der Waals surface area (Å²) in [5.74, 6) is 0.441. The highest BCUT2D eigenvalue weighted by molar-refractivity contribution is 6.04. The average Bonchev–Trinajstić information content (AvgIpc) is 3.24. The van der Waals surface area contributed by atoms with Crippen LogP contribution in [0.4, 0.5) is 0 Å². The van der Waals surface area contributed by atoms with Crippen molar-refractivity contribution in [3.05, 3.63) is 66.4 Å². The molecular formula is C16H11N5O. The lowest BCUT2D eigenvalue weighted by Gasteiger charge is -2.05. The van der Waals surface area contributed by atoms with Crippen LogP contribution in [0.25, 0.3) is 22.3 Å². The van der Waals surface area contributed by atoms with Gasteiger partial charge in [-0.25, -0.2) is 0 Å². The molecule has 0 spiro atoms. The van der Waals surface area contributed by atoms with Crippen molar-refractivity contribution in [1.82, 2.24) is 25.2 Å². The molecule has 6 heteroatoms. The van der Waals surface area contributed by atoms with Crippen LogP contribution in [0.5, 0.6) is 0 Å². The molecule has 0 aliphatic rings. The van der Waals surface area contributed by atoms with Crippen LogP contribution >= 0.6 is 0 Å². The molecule has 0 bridgehead atoms. The van der Waals surface area contributed by atoms with E-state index in [-0.39, 0.29) is 5.91 Å². The molecule has 0 unspecified atom stereocenters. The van der Waals surface area contributed by atoms with E-state index in [1.165, 1.54) is 0 Å². The molecule has 2 aromatic carbocycles. The molecule has 0 aliphatic carbocycles. The summed E-state index contributed by atoms with van der Waals surface area (Å²) in [6, 6.07) is 16.8. The molecule has 2 aromatic heterocycles. The zero-order chi connectivity index (χ0) is 14.9. The van der Waals surface area contributed by atoms with E-state index in [0.29, 0.717) is 11.4 Å². The Morgan fingerprint density at radius 2 is 1.86 bits per heavy atom. The minimum atomic E-state index is -0.0686. The highest BCUT2D eigenvalue weighted by Crippen LogP contribution is 2.27. The summed E-state index contributed by atoms with van der Waals surface area (Å²) in [4.78, 5) is 12.6. The Morgan fingerprint density at radius 1 is 1.00 bits per heavy atom. The maximum absolute atomic E-state index is 12.6. The molecule has 1 N–H and O–H groups in total. The summed E-state index contributed by atoms with van der Waals surface area (Å²) in [6.07, 6.45) is 1.77. The molecule has 4 aromatic rings. The van der Waals surface area contributed by atoms with Gasteiger partial charge in [-0.2, -0.15) is 5.21 Å². The van der Waals surface area contributed by atoms with Crippen molar-refractivity contribution >= 4 is 16.8 Å². The van der Waals surface area contributed by atoms with Gasteiger partial charge in [0.2, 0.25) is 5.82 Å². The van der Waals surface area contributed by atoms with Crippen LogP contribution in [-0.2, 0) is 0 Å². The van der Waals surface area contributed by atoms with Crippen LogP contribution in [0.3, 0.4) is 0 Å². The normalized spacial score (nSPS) is 10.9. The van der Waals surface area contributed by atoms with Gasteiger partial charge in [0.15, 0.2) is 0 Å². The number of tetrazole rings is 1. The minimum Gasteiger partial charge on any atom is -0.283 e. The Hall–Kier alpha value is -3.28. The molecule has 106 valence electrons. The molecule has 0 saturated carbocycles. The number of fused-ring (bicyclic) bond motifs is 1. The lowest BCUT2D eigenvalue weighted by Crippen LogP contribution is -2.10. The molecule has 22 heavy (non-hydrogen) atoms. The zero-order valence-electron chi connectivity index (χ0n) is 11.5. The van der Waals surface area contributed by atoms with Gasteiger partial charge in [0.25, 0.3) is 5.91 Å². The molecule has 0 amide bonds. The molecule has 4 rings (SSSR count). The predicted octanol–water partition coefficient (Wildman–Crippen LogP) is 2.51. The number of nitrogens with zero attached hydrogens (tertiary/aromatic N) is 4. The first-order chi connectivity index (χ1) is 10.8. The van der Waals surface area contributed by atoms with Gasteiger partial charge in [0.05, 0.1) is 5.52 Å². The average molecular weight is 289 g/mol. The van der Waals surface area contributed by atoms with E-state index in [2.05, 4.69) is 20.6 Å². The summed E-state index contributed by atoms with van der Waals surface area (Å²) < 4.78 is 1.63. The number of rotatable bonds is 2. The Kier molecular flexibility index (Phi) is 2.79. The number of carbonyl (C=O) groups excluding carboxylic acids is 1. The summed E-state index contributed by atoms with van der Waals surface area (Å²) in [6.45, 7) is 0. The van der Waals surface area contributed by atoms with E-state index < -0.39 is 0 Å². The molecule has 0 saturated heterocycles. The fourth-order valence-electron chi connectivity index (χ4n) is 2.54. The van der Waals surface area contributed by atoms with E-state index in [9.17, 15) is 4.79 Å². The smallest absolute Gasteiger partial charge is 0.262 e. The lowest BCUT2D eigenvalue weighted by molar-refractivity contribution is 0.0965. The number of benzene rings is 2. The SMILES string of the molecule is O=C(c1ccccc1)n1ccc2c(-c3nn[nH]n3)cccc21. The molecule has 0 radical (unpaired) electrons. The molecule has 0 atom stereocenters. The van der Waals surface area contributed by atoms with Gasteiger partial charge in [-0.3, -0.25) is 9.36 Å². The summed E-state index contributed by atoms with van der Waals surface area (Å²) in [5, 5.41) is 15.0. The summed E-state index contributed by atoms with van der Waals surface area (Å²) >= 11 is 0. The first-order valence-corrected chi connectivity index (χ1v) is 6.78. The highest BCUT2D eigenvalue weighted by Gasteiger charge is 2.14. The number of aromatic amines is 1. The van der Waals surface area contributed by atoms with Crippen LogP contribution in [0.15, 0.2) is 60.8 Å². The highest BCUT2D eigenvalue weighted by atomic mass is 16.2. The van der Waals surface area contributed by atoms with Crippen molar-refractivity contribution in [1.29, 1.82) is 0 Å². The van der Waals surface area contributed by atoms with E-state index in [0.717, 1.165) is 16.5 Å². The Morgan fingerprint density at radius 3 is 2.64 bits per heavy atom. The Balaban J connectivity index is 1.88. The largest absolute Gasteiger partial charge is 0.283 e. The van der Waals surface area contributed by atoms with Crippen molar-refractivity contribution in [2.75, 3.05) is 0 Å². The van der Waals surface area contributed by atoms with Crippen molar-refractivity contribution in [3.8, 4) is 11.4 Å².